The van der Waals surface area contributed by atoms with Crippen LogP contribution in [0, 0.1) is 11.8 Å². The quantitative estimate of drug-likeness (QED) is 0.659. The van der Waals surface area contributed by atoms with Crippen molar-refractivity contribution in [2.45, 2.75) is 69.8 Å². The van der Waals surface area contributed by atoms with E-state index in [0.717, 1.165) is 23.0 Å². The Morgan fingerprint density at radius 2 is 1.90 bits per heavy atom. The lowest BCUT2D eigenvalue weighted by Gasteiger charge is -2.34. The largest absolute Gasteiger partial charge is 0.352 e. The molecule has 4 nitrogen and oxygen atoms in total. The average molecular weight is 411 g/mol. The van der Waals surface area contributed by atoms with E-state index < -0.39 is 11.8 Å². The Morgan fingerprint density at radius 3 is 2.62 bits per heavy atom. The average Bonchev–Trinajstić information content (AvgIpc) is 2.98. The molecule has 2 aliphatic rings. The smallest absolute Gasteiger partial charge is 0.248 e. The molecule has 158 valence electrons. The van der Waals surface area contributed by atoms with Crippen LogP contribution in [0.15, 0.2) is 18.2 Å². The Balaban J connectivity index is 1.31. The fourth-order valence-electron chi connectivity index (χ4n) is 4.50. The Bertz CT molecular complexity index is 887. The molecule has 1 atom stereocenters. The second-order valence-corrected chi connectivity index (χ2v) is 8.67. The van der Waals surface area contributed by atoms with Gasteiger partial charge in [0.05, 0.1) is 11.0 Å². The molecule has 4 rings (SSSR count). The number of imidazole rings is 1. The number of hydrogen-bond acceptors (Lipinski definition) is 2. The summed E-state index contributed by atoms with van der Waals surface area (Å²) < 4.78 is 52.9. The van der Waals surface area contributed by atoms with E-state index >= 15 is 0 Å². The lowest BCUT2D eigenvalue weighted by molar-refractivity contribution is -0.133. The van der Waals surface area contributed by atoms with Crippen molar-refractivity contribution in [3.63, 3.8) is 0 Å². The molecule has 0 spiro atoms. The third-order valence-corrected chi connectivity index (χ3v) is 5.96. The Morgan fingerprint density at radius 1 is 1.14 bits per heavy atom. The van der Waals surface area contributed by atoms with Crippen molar-refractivity contribution in [3.05, 3.63) is 29.6 Å². The first-order valence-corrected chi connectivity index (χ1v) is 10.2. The number of fused-ring (bicyclic) bond motifs is 1. The van der Waals surface area contributed by atoms with Crippen LogP contribution in [0.1, 0.15) is 56.3 Å². The van der Waals surface area contributed by atoms with Crippen molar-refractivity contribution < 1.29 is 22.4 Å². The first kappa shape index (κ1) is 20.2. The predicted molar refractivity (Wildman–Crippen MR) is 101 cm³/mol. The molecule has 0 aliphatic heterocycles. The van der Waals surface area contributed by atoms with Gasteiger partial charge >= 0.3 is 0 Å². The van der Waals surface area contributed by atoms with E-state index in [1.807, 2.05) is 18.2 Å². The summed E-state index contributed by atoms with van der Waals surface area (Å²) >= 11 is 0. The number of carbonyl (C=O) groups excluding carboxylic acids is 1. The summed E-state index contributed by atoms with van der Waals surface area (Å²) in [6, 6.07) is 5.55. The van der Waals surface area contributed by atoms with Gasteiger partial charge in [-0.1, -0.05) is 6.07 Å². The van der Waals surface area contributed by atoms with E-state index in [1.165, 1.54) is 0 Å². The zero-order valence-electron chi connectivity index (χ0n) is 16.1. The number of H-pyrrole nitrogens is 1. The Kier molecular flexibility index (Phi) is 5.29. The maximum atomic E-state index is 13.6. The van der Waals surface area contributed by atoms with E-state index in [2.05, 4.69) is 15.3 Å². The zero-order chi connectivity index (χ0) is 20.6. The number of amides is 1. The topological polar surface area (TPSA) is 57.8 Å². The van der Waals surface area contributed by atoms with Gasteiger partial charge in [0.25, 0.3) is 0 Å². The molecule has 1 aromatic heterocycles. The highest BCUT2D eigenvalue weighted by Crippen LogP contribution is 2.44. The molecule has 0 bridgehead atoms. The van der Waals surface area contributed by atoms with Crippen LogP contribution in [0.5, 0.6) is 0 Å². The van der Waals surface area contributed by atoms with Crippen LogP contribution in [-0.4, -0.2) is 27.7 Å². The lowest BCUT2D eigenvalue weighted by atomic mass is 9.79. The first-order chi connectivity index (χ1) is 13.7. The number of nitrogens with one attached hydrogen (secondary N) is 2. The summed E-state index contributed by atoms with van der Waals surface area (Å²) in [6.45, 7) is 0.307. The first-order valence-electron chi connectivity index (χ1n) is 10.2. The number of halogens is 4. The van der Waals surface area contributed by atoms with E-state index in [0.29, 0.717) is 25.2 Å². The third-order valence-electron chi connectivity index (χ3n) is 5.96. The van der Waals surface area contributed by atoms with Gasteiger partial charge in [0.2, 0.25) is 17.8 Å². The Labute approximate surface area is 166 Å². The van der Waals surface area contributed by atoms with Crippen LogP contribution < -0.4 is 5.32 Å². The second kappa shape index (κ2) is 7.61. The molecule has 1 amide bonds. The fourth-order valence-corrected chi connectivity index (χ4v) is 4.50. The Hall–Kier alpha value is -2.12. The maximum Gasteiger partial charge on any atom is 0.248 e. The number of aromatic nitrogens is 2. The standard InChI is InChI=1S/C21H25F4N3O/c22-20(23)5-1-2-13(9-20)7-18-27-16-4-3-14(6-17(16)28-18)12-26-19(29)8-15-10-21(24,25)11-15/h3-4,6,13,15H,1-2,5,7-12H2,(H,26,29)(H,27,28). The molecule has 2 N–H and O–H groups in total. The number of aromatic amines is 1. The van der Waals surface area contributed by atoms with Crippen molar-refractivity contribution >= 4 is 16.9 Å². The van der Waals surface area contributed by atoms with Crippen LogP contribution in [0.2, 0.25) is 0 Å². The molecule has 2 aromatic rings. The minimum absolute atomic E-state index is 0.0259. The van der Waals surface area contributed by atoms with E-state index in [4.69, 9.17) is 0 Å². The van der Waals surface area contributed by atoms with Gasteiger partial charge in [-0.25, -0.2) is 22.5 Å². The number of carbonyl (C=O) groups is 1. The van der Waals surface area contributed by atoms with Crippen LogP contribution in [0.25, 0.3) is 11.0 Å². The van der Waals surface area contributed by atoms with Crippen LogP contribution >= 0.6 is 0 Å². The van der Waals surface area contributed by atoms with Crippen molar-refractivity contribution in [1.29, 1.82) is 0 Å². The lowest BCUT2D eigenvalue weighted by Crippen LogP contribution is -2.38. The summed E-state index contributed by atoms with van der Waals surface area (Å²) in [6.07, 6.45) is 1.42. The van der Waals surface area contributed by atoms with E-state index in [1.54, 1.807) is 0 Å². The van der Waals surface area contributed by atoms with Crippen molar-refractivity contribution in [3.8, 4) is 0 Å². The molecular formula is C21H25F4N3O. The molecule has 1 aromatic carbocycles. The summed E-state index contributed by atoms with van der Waals surface area (Å²) in [7, 11) is 0. The molecule has 0 radical (unpaired) electrons. The van der Waals surface area contributed by atoms with Gasteiger partial charge in [0.1, 0.15) is 5.82 Å². The van der Waals surface area contributed by atoms with Gasteiger partial charge < -0.3 is 10.3 Å². The monoisotopic (exact) mass is 411 g/mol. The highest BCUT2D eigenvalue weighted by molar-refractivity contribution is 5.78. The molecular weight excluding hydrogens is 386 g/mol. The minimum atomic E-state index is -2.61. The number of alkyl halides is 4. The maximum absolute atomic E-state index is 13.6. The summed E-state index contributed by atoms with van der Waals surface area (Å²) in [5.41, 5.74) is 2.42. The number of hydrogen-bond donors (Lipinski definition) is 2. The highest BCUT2D eigenvalue weighted by atomic mass is 19.3. The van der Waals surface area contributed by atoms with Gasteiger partial charge in [-0.2, -0.15) is 0 Å². The summed E-state index contributed by atoms with van der Waals surface area (Å²) in [5, 5.41) is 2.77. The molecule has 1 heterocycles. The van der Waals surface area contributed by atoms with Gasteiger partial charge in [-0.3, -0.25) is 4.79 Å². The van der Waals surface area contributed by atoms with Crippen LogP contribution in [-0.2, 0) is 17.8 Å². The fraction of sp³-hybridized carbons (Fsp3) is 0.619. The predicted octanol–water partition coefficient (Wildman–Crippen LogP) is 4.98. The van der Waals surface area contributed by atoms with Crippen molar-refractivity contribution in [1.82, 2.24) is 15.3 Å². The highest BCUT2D eigenvalue weighted by Gasteiger charge is 2.45. The zero-order valence-corrected chi connectivity index (χ0v) is 16.1. The SMILES string of the molecule is O=C(CC1CC(F)(F)C1)NCc1ccc2nc(CC3CCCC(F)(F)C3)[nH]c2c1. The molecule has 29 heavy (non-hydrogen) atoms. The normalized spacial score (nSPS) is 23.7. The molecule has 2 aliphatic carbocycles. The molecule has 2 fully saturated rings. The van der Waals surface area contributed by atoms with Gasteiger partial charge in [0.15, 0.2) is 0 Å². The number of benzene rings is 1. The van der Waals surface area contributed by atoms with Gasteiger partial charge in [0, 0.05) is 45.1 Å². The molecule has 2 saturated carbocycles. The summed E-state index contributed by atoms with van der Waals surface area (Å²) in [5.74, 6) is -5.02. The van der Waals surface area contributed by atoms with E-state index in [-0.39, 0.29) is 49.8 Å². The molecule has 0 saturated heterocycles. The van der Waals surface area contributed by atoms with Gasteiger partial charge in [-0.05, 0) is 42.4 Å². The van der Waals surface area contributed by atoms with Crippen molar-refractivity contribution in [2.24, 2.45) is 11.8 Å². The summed E-state index contributed by atoms with van der Waals surface area (Å²) in [4.78, 5) is 19.6. The van der Waals surface area contributed by atoms with Crippen LogP contribution in [0.3, 0.4) is 0 Å². The van der Waals surface area contributed by atoms with Crippen molar-refractivity contribution in [2.75, 3.05) is 0 Å². The van der Waals surface area contributed by atoms with E-state index in [9.17, 15) is 22.4 Å². The molecule has 1 unspecified atom stereocenters. The minimum Gasteiger partial charge on any atom is -0.352 e. The molecule has 8 heteroatoms. The number of nitrogens with zero attached hydrogens (tertiary/aromatic N) is 1. The second-order valence-electron chi connectivity index (χ2n) is 8.67. The van der Waals surface area contributed by atoms with Gasteiger partial charge in [-0.15, -0.1) is 0 Å². The third kappa shape index (κ3) is 5.08. The number of rotatable bonds is 6. The van der Waals surface area contributed by atoms with Crippen LogP contribution in [0.4, 0.5) is 17.6 Å².